The molecule has 0 radical (unpaired) electrons. The first-order valence-corrected chi connectivity index (χ1v) is 15.7. The number of rotatable bonds is 9. The second-order valence-corrected chi connectivity index (χ2v) is 12.1. The van der Waals surface area contributed by atoms with Crippen LogP contribution < -0.4 is 10.2 Å². The van der Waals surface area contributed by atoms with Crippen molar-refractivity contribution < 1.29 is 32.3 Å². The summed E-state index contributed by atoms with van der Waals surface area (Å²) in [5.74, 6) is -0.556. The predicted molar refractivity (Wildman–Crippen MR) is 159 cm³/mol. The predicted octanol–water partition coefficient (Wildman–Crippen LogP) is 3.11. The highest BCUT2D eigenvalue weighted by Gasteiger charge is 2.36. The second-order valence-electron chi connectivity index (χ2n) is 10.2. The molecular weight excluding hydrogens is 576 g/mol. The minimum Gasteiger partial charge on any atom is -0.435 e. The number of anilines is 1. The van der Waals surface area contributed by atoms with E-state index in [0.29, 0.717) is 33.4 Å². The van der Waals surface area contributed by atoms with Crippen molar-refractivity contribution in [3.63, 3.8) is 0 Å². The Hall–Kier alpha value is -4.30. The SMILES string of the molecule is CCOC(=O)OC(C)N(C(=O)c1c(-c2ccc(C(=O)N(c3ncccc3C)C3CCCNC3)cc2)cnn1C)S(C)(=O)=O. The number of nitrogens with zero attached hydrogens (tertiary/aromatic N) is 5. The minimum absolute atomic E-state index is 0.0134. The van der Waals surface area contributed by atoms with Crippen molar-refractivity contribution in [1.82, 2.24) is 24.4 Å². The van der Waals surface area contributed by atoms with Crippen molar-refractivity contribution in [3.8, 4) is 11.1 Å². The Labute approximate surface area is 250 Å². The third-order valence-electron chi connectivity index (χ3n) is 7.07. The van der Waals surface area contributed by atoms with Crippen LogP contribution in [0.5, 0.6) is 0 Å². The number of hydrogen-bond acceptors (Lipinski definition) is 10. The first-order chi connectivity index (χ1) is 20.4. The number of carbonyl (C=O) groups excluding carboxylic acids is 3. The number of aryl methyl sites for hydroxylation is 2. The van der Waals surface area contributed by atoms with E-state index in [9.17, 15) is 22.8 Å². The van der Waals surface area contributed by atoms with Gasteiger partial charge in [0.1, 0.15) is 11.5 Å². The number of aromatic nitrogens is 3. The first-order valence-electron chi connectivity index (χ1n) is 13.9. The van der Waals surface area contributed by atoms with E-state index in [-0.39, 0.29) is 24.2 Å². The molecule has 2 amide bonds. The lowest BCUT2D eigenvalue weighted by molar-refractivity contribution is -0.00356. The molecular formula is C29H36N6O7S. The van der Waals surface area contributed by atoms with E-state index in [1.807, 2.05) is 19.1 Å². The molecule has 1 N–H and O–H groups in total. The maximum absolute atomic E-state index is 13.9. The van der Waals surface area contributed by atoms with Gasteiger partial charge in [-0.15, -0.1) is 0 Å². The average Bonchev–Trinajstić information content (AvgIpc) is 3.35. The lowest BCUT2D eigenvalue weighted by Crippen LogP contribution is -2.49. The van der Waals surface area contributed by atoms with E-state index in [2.05, 4.69) is 15.4 Å². The summed E-state index contributed by atoms with van der Waals surface area (Å²) in [5.41, 5.74) is 2.11. The van der Waals surface area contributed by atoms with Crippen LogP contribution >= 0.6 is 0 Å². The van der Waals surface area contributed by atoms with E-state index in [1.54, 1.807) is 42.3 Å². The molecule has 2 atom stereocenters. The van der Waals surface area contributed by atoms with Crippen LogP contribution in [-0.4, -0.2) is 83.7 Å². The van der Waals surface area contributed by atoms with E-state index >= 15 is 0 Å². The third kappa shape index (κ3) is 7.03. The number of benzene rings is 1. The van der Waals surface area contributed by atoms with Gasteiger partial charge in [-0.2, -0.15) is 9.40 Å². The number of ether oxygens (including phenoxy) is 2. The van der Waals surface area contributed by atoms with Crippen LogP contribution in [0.4, 0.5) is 10.6 Å². The van der Waals surface area contributed by atoms with Crippen LogP contribution in [0, 0.1) is 6.92 Å². The summed E-state index contributed by atoms with van der Waals surface area (Å²) in [4.78, 5) is 45.7. The molecule has 1 aromatic carbocycles. The topological polar surface area (TPSA) is 153 Å². The largest absolute Gasteiger partial charge is 0.510 e. The van der Waals surface area contributed by atoms with E-state index in [4.69, 9.17) is 9.47 Å². The Morgan fingerprint density at radius 1 is 1.16 bits per heavy atom. The van der Waals surface area contributed by atoms with E-state index in [0.717, 1.165) is 31.2 Å². The van der Waals surface area contributed by atoms with Crippen LogP contribution in [0.2, 0.25) is 0 Å². The fourth-order valence-electron chi connectivity index (χ4n) is 5.08. The molecule has 0 saturated carbocycles. The fraction of sp³-hybridized carbons (Fsp3) is 0.414. The van der Waals surface area contributed by atoms with Crippen molar-refractivity contribution in [2.75, 3.05) is 30.9 Å². The Bertz CT molecular complexity index is 1580. The van der Waals surface area contributed by atoms with Crippen LogP contribution in [0.1, 0.15) is 53.1 Å². The highest BCUT2D eigenvalue weighted by Crippen LogP contribution is 2.29. The van der Waals surface area contributed by atoms with Gasteiger partial charge >= 0.3 is 6.16 Å². The number of hydrogen-bond donors (Lipinski definition) is 1. The molecule has 14 heteroatoms. The number of sulfonamides is 1. The Kier molecular flexibility index (Phi) is 9.81. The fourth-order valence-corrected chi connectivity index (χ4v) is 6.05. The molecule has 0 spiro atoms. The zero-order valence-corrected chi connectivity index (χ0v) is 25.6. The summed E-state index contributed by atoms with van der Waals surface area (Å²) in [6.07, 6.45) is 3.11. The average molecular weight is 613 g/mol. The Morgan fingerprint density at radius 2 is 1.88 bits per heavy atom. The highest BCUT2D eigenvalue weighted by molar-refractivity contribution is 7.88. The monoisotopic (exact) mass is 612 g/mol. The molecule has 4 rings (SSSR count). The molecule has 13 nitrogen and oxygen atoms in total. The van der Waals surface area contributed by atoms with Crippen LogP contribution in [0.25, 0.3) is 11.1 Å². The van der Waals surface area contributed by atoms with Gasteiger partial charge in [0.2, 0.25) is 10.0 Å². The molecule has 3 heterocycles. The lowest BCUT2D eigenvalue weighted by atomic mass is 10.0. The van der Waals surface area contributed by atoms with Gasteiger partial charge in [0.25, 0.3) is 11.8 Å². The minimum atomic E-state index is -4.19. The van der Waals surface area contributed by atoms with Gasteiger partial charge in [-0.3, -0.25) is 19.2 Å². The zero-order chi connectivity index (χ0) is 31.3. The van der Waals surface area contributed by atoms with Crippen molar-refractivity contribution in [3.05, 3.63) is 65.6 Å². The molecule has 1 aliphatic rings. The second kappa shape index (κ2) is 13.3. The molecule has 43 heavy (non-hydrogen) atoms. The Balaban J connectivity index is 1.66. The molecule has 0 aliphatic carbocycles. The summed E-state index contributed by atoms with van der Waals surface area (Å²) < 4.78 is 36.8. The van der Waals surface area contributed by atoms with Gasteiger partial charge in [0.15, 0.2) is 6.23 Å². The van der Waals surface area contributed by atoms with Crippen LogP contribution in [0.15, 0.2) is 48.8 Å². The maximum atomic E-state index is 13.9. The standard InChI is InChI=1S/C29H36N6O7S/c1-6-41-29(38)42-20(3)35(43(5,39)40)28(37)25-24(18-32-33(25)4)21-11-13-22(14-12-21)27(36)34(23-10-8-15-30-17-23)26-19(2)9-7-16-31-26/h7,9,11-14,16,18,20,23,30H,6,8,10,15,17H2,1-5H3. The highest BCUT2D eigenvalue weighted by atomic mass is 32.2. The van der Waals surface area contributed by atoms with E-state index in [1.165, 1.54) is 24.9 Å². The summed E-state index contributed by atoms with van der Waals surface area (Å²) >= 11 is 0. The Morgan fingerprint density at radius 3 is 2.49 bits per heavy atom. The number of nitrogens with one attached hydrogen (secondary N) is 1. The molecule has 1 aliphatic heterocycles. The molecule has 1 saturated heterocycles. The van der Waals surface area contributed by atoms with Crippen molar-refractivity contribution >= 4 is 33.8 Å². The number of pyridine rings is 1. The lowest BCUT2D eigenvalue weighted by Gasteiger charge is -2.34. The molecule has 230 valence electrons. The number of piperidine rings is 1. The molecule has 1 fully saturated rings. The van der Waals surface area contributed by atoms with Gasteiger partial charge in [0.05, 0.1) is 25.1 Å². The summed E-state index contributed by atoms with van der Waals surface area (Å²) in [5, 5.41) is 7.54. The van der Waals surface area contributed by atoms with Gasteiger partial charge in [-0.25, -0.2) is 18.2 Å². The van der Waals surface area contributed by atoms with Gasteiger partial charge in [0, 0.05) is 30.9 Å². The molecule has 3 aromatic rings. The van der Waals surface area contributed by atoms with Gasteiger partial charge in [-0.05, 0) is 69.5 Å². The molecule has 2 aromatic heterocycles. The summed E-state index contributed by atoms with van der Waals surface area (Å²) in [7, 11) is -2.69. The normalized spacial score (nSPS) is 15.8. The van der Waals surface area contributed by atoms with Gasteiger partial charge in [-0.1, -0.05) is 18.2 Å². The maximum Gasteiger partial charge on any atom is 0.510 e. The third-order valence-corrected chi connectivity index (χ3v) is 8.24. The summed E-state index contributed by atoms with van der Waals surface area (Å²) in [6, 6.07) is 10.3. The quantitative estimate of drug-likeness (QED) is 0.282. The number of amides is 2. The summed E-state index contributed by atoms with van der Waals surface area (Å²) in [6.45, 7) is 6.29. The van der Waals surface area contributed by atoms with E-state index < -0.39 is 28.3 Å². The van der Waals surface area contributed by atoms with Crippen molar-refractivity contribution in [2.24, 2.45) is 7.05 Å². The molecule has 0 bridgehead atoms. The zero-order valence-electron chi connectivity index (χ0n) is 24.8. The van der Waals surface area contributed by atoms with Gasteiger partial charge < -0.3 is 14.8 Å². The van der Waals surface area contributed by atoms with Crippen molar-refractivity contribution in [1.29, 1.82) is 0 Å². The smallest absolute Gasteiger partial charge is 0.435 e. The van der Waals surface area contributed by atoms with Crippen LogP contribution in [0.3, 0.4) is 0 Å². The molecule has 2 unspecified atom stereocenters. The number of carbonyl (C=O) groups is 3. The first kappa shape index (κ1) is 31.6. The van der Waals surface area contributed by atoms with Crippen molar-refractivity contribution in [2.45, 2.75) is 45.9 Å². The van der Waals surface area contributed by atoms with Crippen LogP contribution in [-0.2, 0) is 26.5 Å².